The number of aromatic nitrogens is 4. The molecule has 43 heavy (non-hydrogen) atoms. The van der Waals surface area contributed by atoms with E-state index in [4.69, 9.17) is 0 Å². The van der Waals surface area contributed by atoms with E-state index < -0.39 is 5.97 Å². The van der Waals surface area contributed by atoms with Gasteiger partial charge in [0.1, 0.15) is 0 Å². The first-order valence-electron chi connectivity index (χ1n) is 13.0. The van der Waals surface area contributed by atoms with Gasteiger partial charge in [-0.3, -0.25) is 9.59 Å². The maximum absolute atomic E-state index is 13.0. The lowest BCUT2D eigenvalue weighted by molar-refractivity contribution is 0.0698. The maximum Gasteiger partial charge on any atom is 0.336 e. The van der Waals surface area contributed by atoms with Crippen LogP contribution in [0.4, 0.5) is 11.4 Å². The topological polar surface area (TPSA) is 139 Å². The lowest BCUT2D eigenvalue weighted by Crippen LogP contribution is -2.12. The van der Waals surface area contributed by atoms with Crippen molar-refractivity contribution in [3.8, 4) is 22.5 Å². The Balaban J connectivity index is 1.11. The standard InChI is InChI=1S/C32H22N6O4S/c39-30(22-11-7-21(8-12-22)29-35-37-38(43)36-29)33-24-15-13-20(14-16-24)19-5-9-23(10-6-19)31(40)34-28-18-17-27(32(41)42)25-3-1-2-4-26(25)28/h1-18,43H,(H,33,39)(H,34,40)(H,41,42). The van der Waals surface area contributed by atoms with Crippen LogP contribution >= 0.6 is 12.8 Å². The van der Waals surface area contributed by atoms with Gasteiger partial charge in [-0.2, -0.15) is 0 Å². The number of tetrazole rings is 1. The van der Waals surface area contributed by atoms with Crippen LogP contribution in [0.2, 0.25) is 0 Å². The van der Waals surface area contributed by atoms with Crippen LogP contribution < -0.4 is 10.6 Å². The van der Waals surface area contributed by atoms with Crippen molar-refractivity contribution >= 4 is 52.7 Å². The lowest BCUT2D eigenvalue weighted by Gasteiger charge is -2.11. The average Bonchev–Trinajstić information content (AvgIpc) is 3.47. The summed E-state index contributed by atoms with van der Waals surface area (Å²) in [6.07, 6.45) is 0. The third-order valence-electron chi connectivity index (χ3n) is 6.83. The molecule has 0 radical (unpaired) electrons. The van der Waals surface area contributed by atoms with Crippen molar-refractivity contribution in [1.29, 1.82) is 0 Å². The summed E-state index contributed by atoms with van der Waals surface area (Å²) in [4.78, 5) is 37.3. The number of amides is 2. The minimum absolute atomic E-state index is 0.173. The second kappa shape index (κ2) is 11.6. The van der Waals surface area contributed by atoms with Gasteiger partial charge in [0.25, 0.3) is 11.8 Å². The molecular weight excluding hydrogens is 564 g/mol. The first-order chi connectivity index (χ1) is 20.9. The first kappa shape index (κ1) is 27.4. The van der Waals surface area contributed by atoms with E-state index in [1.807, 2.05) is 36.4 Å². The molecule has 210 valence electrons. The predicted molar refractivity (Wildman–Crippen MR) is 166 cm³/mol. The molecule has 1 aromatic heterocycles. The van der Waals surface area contributed by atoms with E-state index in [9.17, 15) is 19.5 Å². The van der Waals surface area contributed by atoms with Gasteiger partial charge in [-0.15, -0.1) is 14.4 Å². The van der Waals surface area contributed by atoms with Crippen LogP contribution in [-0.2, 0) is 0 Å². The van der Waals surface area contributed by atoms with E-state index in [0.717, 1.165) is 15.3 Å². The smallest absolute Gasteiger partial charge is 0.336 e. The number of thiol groups is 1. The number of carbonyl (C=O) groups is 3. The van der Waals surface area contributed by atoms with Crippen molar-refractivity contribution in [3.63, 3.8) is 0 Å². The summed E-state index contributed by atoms with van der Waals surface area (Å²) in [6, 6.07) is 31.5. The largest absolute Gasteiger partial charge is 0.478 e. The fourth-order valence-corrected chi connectivity index (χ4v) is 4.77. The summed E-state index contributed by atoms with van der Waals surface area (Å²) < 4.78 is 1.07. The van der Waals surface area contributed by atoms with Gasteiger partial charge in [-0.25, -0.2) is 4.79 Å². The molecule has 6 aromatic rings. The second-order valence-corrected chi connectivity index (χ2v) is 9.89. The molecular formula is C32H22N6O4S. The molecule has 0 fully saturated rings. The molecule has 0 aliphatic heterocycles. The number of anilines is 2. The summed E-state index contributed by atoms with van der Waals surface area (Å²) in [5.74, 6) is -1.19. The van der Waals surface area contributed by atoms with E-state index in [1.54, 1.807) is 66.7 Å². The van der Waals surface area contributed by atoms with Crippen molar-refractivity contribution in [3.05, 3.63) is 126 Å². The van der Waals surface area contributed by atoms with E-state index in [-0.39, 0.29) is 17.4 Å². The molecule has 0 spiro atoms. The Morgan fingerprint density at radius 1 is 0.651 bits per heavy atom. The van der Waals surface area contributed by atoms with Crippen LogP contribution in [0.5, 0.6) is 0 Å². The second-order valence-electron chi connectivity index (χ2n) is 9.53. The number of hydrogen-bond acceptors (Lipinski definition) is 7. The summed E-state index contributed by atoms with van der Waals surface area (Å²) >= 11 is 3.98. The number of rotatable bonds is 7. The van der Waals surface area contributed by atoms with Gasteiger partial charge in [0, 0.05) is 33.5 Å². The zero-order valence-corrected chi connectivity index (χ0v) is 23.2. The number of benzene rings is 5. The van der Waals surface area contributed by atoms with Crippen LogP contribution in [0, 0.1) is 0 Å². The van der Waals surface area contributed by atoms with Gasteiger partial charge in [0.05, 0.1) is 5.56 Å². The van der Waals surface area contributed by atoms with Gasteiger partial charge >= 0.3 is 5.97 Å². The molecule has 11 heteroatoms. The van der Waals surface area contributed by atoms with Crippen LogP contribution in [-0.4, -0.2) is 42.5 Å². The Bertz CT molecular complexity index is 1990. The molecule has 1 heterocycles. The number of carboxylic acids is 1. The fraction of sp³-hybridized carbons (Fsp3) is 0. The molecule has 10 nitrogen and oxygen atoms in total. The van der Waals surface area contributed by atoms with E-state index in [2.05, 4.69) is 38.9 Å². The zero-order chi connectivity index (χ0) is 29.9. The van der Waals surface area contributed by atoms with Gasteiger partial charge in [-0.05, 0) is 83.1 Å². The lowest BCUT2D eigenvalue weighted by atomic mass is 10.0. The van der Waals surface area contributed by atoms with Crippen molar-refractivity contribution < 1.29 is 19.5 Å². The Hall–Kier alpha value is -5.81. The number of carbonyl (C=O) groups excluding carboxylic acids is 2. The monoisotopic (exact) mass is 586 g/mol. The third kappa shape index (κ3) is 5.83. The van der Waals surface area contributed by atoms with Crippen molar-refractivity contribution in [1.82, 2.24) is 19.6 Å². The number of nitrogens with zero attached hydrogens (tertiary/aromatic N) is 4. The number of aromatic carboxylic acids is 1. The predicted octanol–water partition coefficient (Wildman–Crippen LogP) is 6.06. The molecule has 0 atom stereocenters. The van der Waals surface area contributed by atoms with Crippen LogP contribution in [0.1, 0.15) is 31.1 Å². The number of carboxylic acid groups (broad SMARTS) is 1. The van der Waals surface area contributed by atoms with Gasteiger partial charge in [0.15, 0.2) is 0 Å². The molecule has 6 rings (SSSR count). The molecule has 0 aliphatic rings. The molecule has 0 saturated heterocycles. The SMILES string of the molecule is O=C(Nc1ccc(-c2ccc(C(=O)Nc3ccc(C(=O)O)c4ccccc34)cc2)cc1)c1ccc(-c2nnn(S)n2)cc1. The number of nitrogens with one attached hydrogen (secondary N) is 2. The molecule has 3 N–H and O–H groups in total. The highest BCUT2D eigenvalue weighted by molar-refractivity contribution is 7.78. The minimum atomic E-state index is -1.03. The molecule has 2 amide bonds. The fourth-order valence-electron chi connectivity index (χ4n) is 4.65. The van der Waals surface area contributed by atoms with Gasteiger partial charge < -0.3 is 15.7 Å². The van der Waals surface area contributed by atoms with Crippen LogP contribution in [0.3, 0.4) is 0 Å². The average molecular weight is 587 g/mol. The molecule has 0 unspecified atom stereocenters. The first-order valence-corrected chi connectivity index (χ1v) is 13.4. The normalized spacial score (nSPS) is 10.8. The van der Waals surface area contributed by atoms with Crippen molar-refractivity contribution in [2.45, 2.75) is 0 Å². The summed E-state index contributed by atoms with van der Waals surface area (Å²) in [6.45, 7) is 0. The van der Waals surface area contributed by atoms with Gasteiger partial charge in [0.2, 0.25) is 5.82 Å². The number of hydrogen-bond donors (Lipinski definition) is 4. The van der Waals surface area contributed by atoms with E-state index in [1.165, 1.54) is 6.07 Å². The highest BCUT2D eigenvalue weighted by Crippen LogP contribution is 2.28. The number of fused-ring (bicyclic) bond motifs is 1. The highest BCUT2D eigenvalue weighted by atomic mass is 32.1. The van der Waals surface area contributed by atoms with E-state index >= 15 is 0 Å². The third-order valence-corrected chi connectivity index (χ3v) is 7.00. The zero-order valence-electron chi connectivity index (χ0n) is 22.3. The molecule has 0 aliphatic carbocycles. The van der Waals surface area contributed by atoms with Gasteiger partial charge in [-0.1, -0.05) is 60.7 Å². The summed E-state index contributed by atoms with van der Waals surface area (Å²) in [5.41, 5.74) is 4.79. The van der Waals surface area contributed by atoms with E-state index in [0.29, 0.717) is 44.7 Å². The maximum atomic E-state index is 13.0. The minimum Gasteiger partial charge on any atom is -0.478 e. The Morgan fingerprint density at radius 2 is 1.21 bits per heavy atom. The Kier molecular flexibility index (Phi) is 7.37. The Morgan fingerprint density at radius 3 is 1.79 bits per heavy atom. The van der Waals surface area contributed by atoms with Crippen LogP contribution in [0.25, 0.3) is 33.3 Å². The van der Waals surface area contributed by atoms with Crippen molar-refractivity contribution in [2.75, 3.05) is 10.6 Å². The molecule has 5 aromatic carbocycles. The summed E-state index contributed by atoms with van der Waals surface area (Å²) in [5, 5.41) is 28.1. The Labute approximate surface area is 250 Å². The van der Waals surface area contributed by atoms with Crippen LogP contribution in [0.15, 0.2) is 109 Å². The molecule has 0 bridgehead atoms. The highest BCUT2D eigenvalue weighted by Gasteiger charge is 2.14. The van der Waals surface area contributed by atoms with Crippen molar-refractivity contribution in [2.24, 2.45) is 0 Å². The molecule has 0 saturated carbocycles. The summed E-state index contributed by atoms with van der Waals surface area (Å²) in [7, 11) is 0. The quantitative estimate of drug-likeness (QED) is 0.167.